The van der Waals surface area contributed by atoms with Gasteiger partial charge in [-0.15, -0.1) is 0 Å². The molecule has 5 heteroatoms. The van der Waals surface area contributed by atoms with Crippen molar-refractivity contribution in [3.05, 3.63) is 6.33 Å². The second kappa shape index (κ2) is 4.77. The highest BCUT2D eigenvalue weighted by molar-refractivity contribution is 5.68. The van der Waals surface area contributed by atoms with E-state index in [1.54, 1.807) is 7.11 Å². The van der Waals surface area contributed by atoms with Crippen molar-refractivity contribution in [3.8, 4) is 5.88 Å². The molecule has 1 fully saturated rings. The van der Waals surface area contributed by atoms with Crippen molar-refractivity contribution in [2.75, 3.05) is 30.8 Å². The number of hydrogen-bond donors (Lipinski definition) is 1. The molecule has 1 aliphatic rings. The lowest BCUT2D eigenvalue weighted by atomic mass is 9.95. The Bertz CT molecular complexity index is 394. The van der Waals surface area contributed by atoms with Gasteiger partial charge < -0.3 is 15.4 Å². The third-order valence-corrected chi connectivity index (χ3v) is 3.49. The van der Waals surface area contributed by atoms with E-state index in [0.29, 0.717) is 17.5 Å². The second-order valence-corrected chi connectivity index (χ2v) is 4.86. The Hall–Kier alpha value is -1.52. The van der Waals surface area contributed by atoms with Gasteiger partial charge in [0, 0.05) is 13.1 Å². The minimum Gasteiger partial charge on any atom is -0.479 e. The number of aromatic nitrogens is 2. The Balaban J connectivity index is 2.19. The van der Waals surface area contributed by atoms with E-state index in [0.717, 1.165) is 24.8 Å². The molecule has 0 spiro atoms. The average Bonchev–Trinajstić information content (AvgIpc) is 2.78. The topological polar surface area (TPSA) is 64.3 Å². The number of anilines is 2. The minimum absolute atomic E-state index is 0.461. The fourth-order valence-electron chi connectivity index (χ4n) is 2.31. The van der Waals surface area contributed by atoms with Crippen LogP contribution in [0, 0.1) is 11.8 Å². The fourth-order valence-corrected chi connectivity index (χ4v) is 2.31. The van der Waals surface area contributed by atoms with E-state index in [1.165, 1.54) is 12.7 Å². The van der Waals surface area contributed by atoms with Gasteiger partial charge in [-0.25, -0.2) is 4.98 Å². The van der Waals surface area contributed by atoms with Gasteiger partial charge in [0.05, 0.1) is 7.11 Å². The summed E-state index contributed by atoms with van der Waals surface area (Å²) >= 11 is 0. The smallest absolute Gasteiger partial charge is 0.242 e. The van der Waals surface area contributed by atoms with Crippen molar-refractivity contribution in [1.29, 1.82) is 0 Å². The first kappa shape index (κ1) is 12.0. The normalized spacial score (nSPS) is 20.0. The highest BCUT2D eigenvalue weighted by Crippen LogP contribution is 2.33. The molecule has 17 heavy (non-hydrogen) atoms. The van der Waals surface area contributed by atoms with Crippen LogP contribution in [0.3, 0.4) is 0 Å². The maximum atomic E-state index is 6.00. The summed E-state index contributed by atoms with van der Waals surface area (Å²) < 4.78 is 5.12. The van der Waals surface area contributed by atoms with Crippen molar-refractivity contribution in [3.63, 3.8) is 0 Å². The molecule has 5 nitrogen and oxygen atoms in total. The summed E-state index contributed by atoms with van der Waals surface area (Å²) in [5.41, 5.74) is 6.54. The van der Waals surface area contributed by atoms with Crippen molar-refractivity contribution < 1.29 is 4.74 Å². The molecule has 2 N–H and O–H groups in total. The molecule has 1 aromatic heterocycles. The molecule has 1 unspecified atom stereocenters. The molecule has 1 aromatic rings. The van der Waals surface area contributed by atoms with Gasteiger partial charge in [0.1, 0.15) is 12.0 Å². The predicted octanol–water partition coefficient (Wildman–Crippen LogP) is 1.55. The van der Waals surface area contributed by atoms with Crippen molar-refractivity contribution in [2.45, 2.75) is 20.3 Å². The fraction of sp³-hybridized carbons (Fsp3) is 0.667. The van der Waals surface area contributed by atoms with Crippen molar-refractivity contribution in [2.24, 2.45) is 11.8 Å². The zero-order valence-electron chi connectivity index (χ0n) is 10.7. The summed E-state index contributed by atoms with van der Waals surface area (Å²) in [6.45, 7) is 6.55. The zero-order valence-corrected chi connectivity index (χ0v) is 10.7. The lowest BCUT2D eigenvalue weighted by Crippen LogP contribution is -2.23. The van der Waals surface area contributed by atoms with Gasteiger partial charge in [0.2, 0.25) is 5.88 Å². The van der Waals surface area contributed by atoms with Crippen molar-refractivity contribution >= 4 is 11.5 Å². The summed E-state index contributed by atoms with van der Waals surface area (Å²) in [5.74, 6) is 2.68. The average molecular weight is 236 g/mol. The second-order valence-electron chi connectivity index (χ2n) is 4.86. The molecule has 1 atom stereocenters. The molecule has 0 saturated carbocycles. The van der Waals surface area contributed by atoms with Gasteiger partial charge in [-0.2, -0.15) is 4.98 Å². The van der Waals surface area contributed by atoms with Crippen LogP contribution in [0.4, 0.5) is 11.5 Å². The molecule has 0 radical (unpaired) electrons. The van der Waals surface area contributed by atoms with Crippen LogP contribution in [0.15, 0.2) is 6.33 Å². The zero-order chi connectivity index (χ0) is 12.4. The molecule has 1 saturated heterocycles. The van der Waals surface area contributed by atoms with Crippen LogP contribution in [-0.4, -0.2) is 30.2 Å². The van der Waals surface area contributed by atoms with Crippen LogP contribution in [0.25, 0.3) is 0 Å². The Labute approximate surface area is 102 Å². The molecule has 94 valence electrons. The van der Waals surface area contributed by atoms with E-state index >= 15 is 0 Å². The summed E-state index contributed by atoms with van der Waals surface area (Å²) in [4.78, 5) is 10.5. The van der Waals surface area contributed by atoms with E-state index in [2.05, 4.69) is 28.7 Å². The van der Waals surface area contributed by atoms with Crippen LogP contribution in [0.2, 0.25) is 0 Å². The number of hydrogen-bond acceptors (Lipinski definition) is 5. The summed E-state index contributed by atoms with van der Waals surface area (Å²) in [6, 6.07) is 0. The van der Waals surface area contributed by atoms with Crippen molar-refractivity contribution in [1.82, 2.24) is 9.97 Å². The maximum absolute atomic E-state index is 6.00. The number of nitrogen functional groups attached to an aromatic ring is 1. The molecular formula is C12H20N4O. The first-order valence-electron chi connectivity index (χ1n) is 6.03. The maximum Gasteiger partial charge on any atom is 0.242 e. The third kappa shape index (κ3) is 2.28. The molecular weight excluding hydrogens is 216 g/mol. The van der Waals surface area contributed by atoms with Gasteiger partial charge in [-0.1, -0.05) is 13.8 Å². The summed E-state index contributed by atoms with van der Waals surface area (Å²) in [6.07, 6.45) is 2.71. The predicted molar refractivity (Wildman–Crippen MR) is 68.2 cm³/mol. The van der Waals surface area contributed by atoms with Crippen LogP contribution in [0.5, 0.6) is 5.88 Å². The molecule has 0 aliphatic carbocycles. The number of methoxy groups -OCH3 is 1. The van der Waals surface area contributed by atoms with Crippen LogP contribution in [0.1, 0.15) is 20.3 Å². The van der Waals surface area contributed by atoms with Gasteiger partial charge >= 0.3 is 0 Å². The first-order valence-corrected chi connectivity index (χ1v) is 6.03. The standard InChI is InChI=1S/C12H20N4O/c1-8(2)9-4-5-16(6-9)11-10(13)12(17-3)15-7-14-11/h7-9H,4-6,13H2,1-3H3. The minimum atomic E-state index is 0.461. The Kier molecular flexibility index (Phi) is 3.36. The number of nitrogens with zero attached hydrogens (tertiary/aromatic N) is 3. The lowest BCUT2D eigenvalue weighted by molar-refractivity contribution is 0.399. The lowest BCUT2D eigenvalue weighted by Gasteiger charge is -2.20. The summed E-state index contributed by atoms with van der Waals surface area (Å²) in [7, 11) is 1.57. The SMILES string of the molecule is COc1ncnc(N2CCC(C(C)C)C2)c1N. The molecule has 2 heterocycles. The molecule has 1 aliphatic heterocycles. The van der Waals surface area contributed by atoms with Crippen LogP contribution >= 0.6 is 0 Å². The van der Waals surface area contributed by atoms with Gasteiger partial charge in [0.25, 0.3) is 0 Å². The molecule has 0 amide bonds. The third-order valence-electron chi connectivity index (χ3n) is 3.49. The van der Waals surface area contributed by atoms with Gasteiger partial charge in [0.15, 0.2) is 5.82 Å². The van der Waals surface area contributed by atoms with E-state index in [9.17, 15) is 0 Å². The Morgan fingerprint density at radius 2 is 2.24 bits per heavy atom. The van der Waals surface area contributed by atoms with E-state index in [-0.39, 0.29) is 0 Å². The van der Waals surface area contributed by atoms with E-state index in [1.807, 2.05) is 0 Å². The van der Waals surface area contributed by atoms with Gasteiger partial charge in [-0.05, 0) is 18.3 Å². The highest BCUT2D eigenvalue weighted by Gasteiger charge is 2.27. The van der Waals surface area contributed by atoms with E-state index < -0.39 is 0 Å². The molecule has 2 rings (SSSR count). The highest BCUT2D eigenvalue weighted by atomic mass is 16.5. The number of rotatable bonds is 3. The van der Waals surface area contributed by atoms with Crippen LogP contribution in [-0.2, 0) is 0 Å². The molecule has 0 aromatic carbocycles. The van der Waals surface area contributed by atoms with E-state index in [4.69, 9.17) is 10.5 Å². The monoisotopic (exact) mass is 236 g/mol. The van der Waals surface area contributed by atoms with Gasteiger partial charge in [-0.3, -0.25) is 0 Å². The Morgan fingerprint density at radius 1 is 1.47 bits per heavy atom. The largest absolute Gasteiger partial charge is 0.479 e. The number of ether oxygens (including phenoxy) is 1. The quantitative estimate of drug-likeness (QED) is 0.862. The van der Waals surface area contributed by atoms with Crippen LogP contribution < -0.4 is 15.4 Å². The molecule has 0 bridgehead atoms. The Morgan fingerprint density at radius 3 is 2.82 bits per heavy atom. The number of nitrogens with two attached hydrogens (primary N) is 1. The summed E-state index contributed by atoms with van der Waals surface area (Å²) in [5, 5.41) is 0. The first-order chi connectivity index (χ1) is 8.13.